The Labute approximate surface area is 148 Å². The van der Waals surface area contributed by atoms with Gasteiger partial charge in [-0.1, -0.05) is 80.7 Å². The van der Waals surface area contributed by atoms with Crippen LogP contribution in [-0.4, -0.2) is 6.55 Å². The van der Waals surface area contributed by atoms with Crippen molar-refractivity contribution in [2.45, 2.75) is 26.1 Å². The smallest absolute Gasteiger partial charge is 0.382 e. The van der Waals surface area contributed by atoms with Crippen molar-refractivity contribution in [3.8, 4) is 33.8 Å². The van der Waals surface area contributed by atoms with E-state index < -0.39 is 6.55 Å². The maximum absolute atomic E-state index is 6.69. The zero-order valence-corrected chi connectivity index (χ0v) is 14.7. The van der Waals surface area contributed by atoms with Crippen LogP contribution in [-0.2, 0) is 0 Å². The predicted molar refractivity (Wildman–Crippen MR) is 104 cm³/mol. The summed E-state index contributed by atoms with van der Waals surface area (Å²) in [6, 6.07) is 23.1. The second-order valence-electron chi connectivity index (χ2n) is 8.07. The molecule has 0 amide bonds. The molecule has 0 aliphatic carbocycles. The van der Waals surface area contributed by atoms with E-state index in [2.05, 4.69) is 63.2 Å². The molecule has 0 unspecified atom stereocenters. The lowest BCUT2D eigenvalue weighted by Crippen LogP contribution is -2.68. The fourth-order valence-electron chi connectivity index (χ4n) is 4.31. The van der Waals surface area contributed by atoms with Gasteiger partial charge in [0.25, 0.3) is 0 Å². The molecule has 2 aliphatic rings. The highest BCUT2D eigenvalue weighted by Crippen LogP contribution is 2.51. The van der Waals surface area contributed by atoms with Crippen molar-refractivity contribution in [1.29, 1.82) is 0 Å². The molecule has 0 fully saturated rings. The van der Waals surface area contributed by atoms with E-state index in [-0.39, 0.29) is 5.31 Å². The molecular formula is C22H20BO2-. The Balaban J connectivity index is 1.94. The minimum Gasteiger partial charge on any atom is -0.679 e. The summed E-state index contributed by atoms with van der Waals surface area (Å²) < 4.78 is 13.4. The van der Waals surface area contributed by atoms with E-state index in [1.807, 2.05) is 24.3 Å². The van der Waals surface area contributed by atoms with Crippen LogP contribution in [0.1, 0.15) is 20.8 Å². The maximum atomic E-state index is 6.69. The molecule has 3 aromatic rings. The lowest BCUT2D eigenvalue weighted by Gasteiger charge is -2.58. The van der Waals surface area contributed by atoms with Crippen LogP contribution >= 0.6 is 0 Å². The first-order valence-corrected chi connectivity index (χ1v) is 8.86. The average Bonchev–Trinajstić information content (AvgIpc) is 2.61. The van der Waals surface area contributed by atoms with Crippen molar-refractivity contribution < 1.29 is 9.31 Å². The fraction of sp³-hybridized carbons (Fsp3) is 0.182. The molecule has 0 atom stereocenters. The first-order valence-electron chi connectivity index (χ1n) is 8.86. The average molecular weight is 327 g/mol. The molecule has 0 radical (unpaired) electrons. The SMILES string of the molecule is CC(C)(C)[B-]12Oc3ccccc3-c3cccc(c31)-c1ccccc1O2. The van der Waals surface area contributed by atoms with Crippen LogP contribution in [0.2, 0.25) is 5.31 Å². The third-order valence-corrected chi connectivity index (χ3v) is 5.57. The number of benzene rings is 3. The van der Waals surface area contributed by atoms with Gasteiger partial charge < -0.3 is 9.31 Å². The number of rotatable bonds is 0. The van der Waals surface area contributed by atoms with Crippen LogP contribution in [0.15, 0.2) is 66.7 Å². The van der Waals surface area contributed by atoms with E-state index in [0.717, 1.165) is 22.6 Å². The van der Waals surface area contributed by atoms with Crippen LogP contribution in [0, 0.1) is 0 Å². The Hall–Kier alpha value is -2.68. The van der Waals surface area contributed by atoms with Gasteiger partial charge in [0.1, 0.15) is 0 Å². The van der Waals surface area contributed by atoms with Crippen LogP contribution < -0.4 is 14.8 Å². The molecule has 3 aromatic carbocycles. The molecule has 25 heavy (non-hydrogen) atoms. The largest absolute Gasteiger partial charge is 0.679 e. The summed E-state index contributed by atoms with van der Waals surface area (Å²) >= 11 is 0. The number of para-hydroxylation sites is 2. The van der Waals surface area contributed by atoms with Gasteiger partial charge in [-0.2, -0.15) is 0 Å². The van der Waals surface area contributed by atoms with Crippen molar-refractivity contribution in [2.75, 3.05) is 0 Å². The summed E-state index contributed by atoms with van der Waals surface area (Å²) in [6.45, 7) is 4.91. The monoisotopic (exact) mass is 327 g/mol. The normalized spacial score (nSPS) is 16.0. The van der Waals surface area contributed by atoms with Crippen molar-refractivity contribution in [3.05, 3.63) is 66.7 Å². The Morgan fingerprint density at radius 3 is 1.52 bits per heavy atom. The summed E-state index contributed by atoms with van der Waals surface area (Å²) in [5, 5.41) is -0.189. The molecule has 0 aromatic heterocycles. The van der Waals surface area contributed by atoms with Gasteiger partial charge in [-0.05, 0) is 23.3 Å². The third-order valence-electron chi connectivity index (χ3n) is 5.57. The summed E-state index contributed by atoms with van der Waals surface area (Å²) in [5.74, 6) is 1.81. The first kappa shape index (κ1) is 14.6. The van der Waals surface area contributed by atoms with E-state index in [1.54, 1.807) is 0 Å². The summed E-state index contributed by atoms with van der Waals surface area (Å²) in [5.41, 5.74) is 5.94. The van der Waals surface area contributed by atoms with E-state index in [0.29, 0.717) is 0 Å². The molecular weight excluding hydrogens is 307 g/mol. The molecule has 0 spiro atoms. The molecule has 2 heterocycles. The molecule has 3 heteroatoms. The van der Waals surface area contributed by atoms with Crippen LogP contribution in [0.3, 0.4) is 0 Å². The number of fused-ring (bicyclic) bond motifs is 4. The molecule has 2 nitrogen and oxygen atoms in total. The lowest BCUT2D eigenvalue weighted by molar-refractivity contribution is 0.352. The third kappa shape index (κ3) is 1.81. The second-order valence-corrected chi connectivity index (χ2v) is 8.07. The minimum atomic E-state index is -1.70. The predicted octanol–water partition coefficient (Wildman–Crippen LogP) is 5.25. The lowest BCUT2D eigenvalue weighted by atomic mass is 9.33. The zero-order valence-electron chi connectivity index (χ0n) is 14.7. The van der Waals surface area contributed by atoms with Gasteiger partial charge in [-0.3, -0.25) is 0 Å². The highest BCUT2D eigenvalue weighted by Gasteiger charge is 2.51. The van der Waals surface area contributed by atoms with E-state index in [9.17, 15) is 0 Å². The zero-order chi connectivity index (χ0) is 17.2. The molecule has 0 N–H and O–H groups in total. The van der Waals surface area contributed by atoms with Crippen molar-refractivity contribution >= 4 is 12.0 Å². The van der Waals surface area contributed by atoms with Gasteiger partial charge in [-0.15, -0.1) is 5.46 Å². The van der Waals surface area contributed by atoms with E-state index >= 15 is 0 Å². The van der Waals surface area contributed by atoms with Crippen LogP contribution in [0.4, 0.5) is 0 Å². The Kier molecular flexibility index (Phi) is 2.75. The van der Waals surface area contributed by atoms with Gasteiger partial charge in [0.2, 0.25) is 0 Å². The number of hydrogen-bond acceptors (Lipinski definition) is 2. The second kappa shape index (κ2) is 4.69. The summed E-state index contributed by atoms with van der Waals surface area (Å²) in [4.78, 5) is 0. The van der Waals surface area contributed by atoms with E-state index in [1.165, 1.54) is 16.6 Å². The molecule has 0 bridgehead atoms. The highest BCUT2D eigenvalue weighted by molar-refractivity contribution is 6.88. The van der Waals surface area contributed by atoms with Crippen LogP contribution in [0.5, 0.6) is 11.5 Å². The van der Waals surface area contributed by atoms with Crippen molar-refractivity contribution in [1.82, 2.24) is 0 Å². The molecule has 0 saturated heterocycles. The van der Waals surface area contributed by atoms with Crippen molar-refractivity contribution in [2.24, 2.45) is 0 Å². The number of hydrogen-bond donors (Lipinski definition) is 0. The van der Waals surface area contributed by atoms with Gasteiger partial charge in [0.15, 0.2) is 0 Å². The van der Waals surface area contributed by atoms with Gasteiger partial charge in [0, 0.05) is 11.1 Å². The maximum Gasteiger partial charge on any atom is 0.382 e. The molecule has 5 rings (SSSR count). The molecule has 0 saturated carbocycles. The first-order chi connectivity index (χ1) is 12.0. The fourth-order valence-corrected chi connectivity index (χ4v) is 4.31. The van der Waals surface area contributed by atoms with Crippen molar-refractivity contribution in [3.63, 3.8) is 0 Å². The van der Waals surface area contributed by atoms with Gasteiger partial charge >= 0.3 is 6.55 Å². The highest BCUT2D eigenvalue weighted by atomic mass is 16.6. The summed E-state index contributed by atoms with van der Waals surface area (Å²) in [6.07, 6.45) is 0. The quantitative estimate of drug-likeness (QED) is 0.525. The van der Waals surface area contributed by atoms with Gasteiger partial charge in [-0.25, -0.2) is 0 Å². The van der Waals surface area contributed by atoms with Crippen LogP contribution in [0.25, 0.3) is 22.3 Å². The van der Waals surface area contributed by atoms with E-state index in [4.69, 9.17) is 9.31 Å². The topological polar surface area (TPSA) is 18.5 Å². The Morgan fingerprint density at radius 1 is 0.600 bits per heavy atom. The Bertz CT molecular complexity index is 933. The Morgan fingerprint density at radius 2 is 1.04 bits per heavy atom. The molecule has 124 valence electrons. The summed E-state index contributed by atoms with van der Waals surface area (Å²) in [7, 11) is 0. The molecule has 2 aliphatic heterocycles. The minimum absolute atomic E-state index is 0.189. The standard InChI is InChI=1S/C22H20BO2/c1-22(2,3)23-21-17(15-9-4-6-13-19(15)24-23)11-8-12-18(21)16-10-5-7-14-20(16)25-23/h4-14H,1-3H3/q-1. The van der Waals surface area contributed by atoms with Gasteiger partial charge in [0.05, 0.1) is 11.5 Å².